The first-order valence-corrected chi connectivity index (χ1v) is 7.37. The van der Waals surface area contributed by atoms with Crippen molar-refractivity contribution in [2.75, 3.05) is 23.0 Å². The van der Waals surface area contributed by atoms with Crippen LogP contribution in [0.15, 0.2) is 18.3 Å². The number of nitrogens with zero attached hydrogens (tertiary/aromatic N) is 2. The molecule has 1 aromatic rings. The van der Waals surface area contributed by atoms with E-state index in [1.165, 1.54) is 12.3 Å². The second kappa shape index (κ2) is 4.56. The molecule has 0 aliphatic carbocycles. The lowest BCUT2D eigenvalue weighted by Gasteiger charge is -2.35. The fraction of sp³-hybridized carbons (Fsp3) is 0.455. The van der Waals surface area contributed by atoms with Gasteiger partial charge in [0, 0.05) is 24.5 Å². The van der Waals surface area contributed by atoms with Gasteiger partial charge in [-0.1, -0.05) is 0 Å². The standard InChI is InChI=1S/C11H14N2O4S/c1-8-7-18(16,17)5-4-13(8)9-2-3-12-10(6-9)11(14)15/h2-3,6,8H,4-5,7H2,1H3,(H,14,15). The molecule has 0 amide bonds. The molecule has 18 heavy (non-hydrogen) atoms. The molecular formula is C11H14N2O4S. The summed E-state index contributed by atoms with van der Waals surface area (Å²) in [5, 5.41) is 8.88. The van der Waals surface area contributed by atoms with Gasteiger partial charge in [-0.25, -0.2) is 18.2 Å². The SMILES string of the molecule is CC1CS(=O)(=O)CCN1c1ccnc(C(=O)O)c1. The molecule has 0 aromatic carbocycles. The third kappa shape index (κ3) is 2.61. The smallest absolute Gasteiger partial charge is 0.354 e. The molecule has 98 valence electrons. The van der Waals surface area contributed by atoms with Crippen LogP contribution < -0.4 is 4.90 Å². The Morgan fingerprint density at radius 3 is 2.89 bits per heavy atom. The Labute approximate surface area is 105 Å². The summed E-state index contributed by atoms with van der Waals surface area (Å²) in [5.74, 6) is -0.895. The van der Waals surface area contributed by atoms with Crippen molar-refractivity contribution in [3.05, 3.63) is 24.0 Å². The van der Waals surface area contributed by atoms with Gasteiger partial charge in [0.15, 0.2) is 9.84 Å². The molecule has 2 rings (SSSR count). The van der Waals surface area contributed by atoms with Crippen molar-refractivity contribution in [2.45, 2.75) is 13.0 Å². The van der Waals surface area contributed by atoms with Crippen LogP contribution in [0.4, 0.5) is 5.69 Å². The summed E-state index contributed by atoms with van der Waals surface area (Å²) in [6.07, 6.45) is 1.43. The molecule has 1 unspecified atom stereocenters. The highest BCUT2D eigenvalue weighted by Crippen LogP contribution is 2.21. The van der Waals surface area contributed by atoms with Crippen molar-refractivity contribution < 1.29 is 18.3 Å². The van der Waals surface area contributed by atoms with E-state index in [9.17, 15) is 13.2 Å². The molecule has 7 heteroatoms. The van der Waals surface area contributed by atoms with Crippen LogP contribution in [0.25, 0.3) is 0 Å². The molecule has 1 saturated heterocycles. The molecule has 1 aliphatic rings. The molecule has 0 saturated carbocycles. The Hall–Kier alpha value is -1.63. The fourth-order valence-corrected chi connectivity index (χ4v) is 3.65. The molecule has 1 aromatic heterocycles. The van der Waals surface area contributed by atoms with E-state index in [0.717, 1.165) is 0 Å². The molecule has 1 aliphatic heterocycles. The van der Waals surface area contributed by atoms with Crippen molar-refractivity contribution in [1.82, 2.24) is 4.98 Å². The summed E-state index contributed by atoms with van der Waals surface area (Å²) in [6, 6.07) is 3.00. The number of pyridine rings is 1. The third-order valence-corrected chi connectivity index (χ3v) is 4.76. The second-order valence-corrected chi connectivity index (χ2v) is 6.59. The topological polar surface area (TPSA) is 87.6 Å². The van der Waals surface area contributed by atoms with Gasteiger partial charge in [0.2, 0.25) is 0 Å². The van der Waals surface area contributed by atoms with Crippen LogP contribution in [0.3, 0.4) is 0 Å². The van der Waals surface area contributed by atoms with E-state index in [1.807, 2.05) is 11.8 Å². The maximum Gasteiger partial charge on any atom is 0.354 e. The summed E-state index contributed by atoms with van der Waals surface area (Å²) in [7, 11) is -2.97. The lowest BCUT2D eigenvalue weighted by Crippen LogP contribution is -2.47. The maximum absolute atomic E-state index is 11.5. The number of rotatable bonds is 2. The van der Waals surface area contributed by atoms with E-state index >= 15 is 0 Å². The summed E-state index contributed by atoms with van der Waals surface area (Å²) in [4.78, 5) is 16.5. The van der Waals surface area contributed by atoms with Gasteiger partial charge < -0.3 is 10.0 Å². The summed E-state index contributed by atoms with van der Waals surface area (Å²) in [6.45, 7) is 2.20. The zero-order valence-electron chi connectivity index (χ0n) is 9.91. The van der Waals surface area contributed by atoms with Gasteiger partial charge >= 0.3 is 5.97 Å². The molecule has 6 nitrogen and oxygen atoms in total. The minimum absolute atomic E-state index is 0.0341. The lowest BCUT2D eigenvalue weighted by molar-refractivity contribution is 0.0690. The number of sulfone groups is 1. The van der Waals surface area contributed by atoms with Gasteiger partial charge in [0.05, 0.1) is 11.5 Å². The van der Waals surface area contributed by atoms with Crippen LogP contribution >= 0.6 is 0 Å². The number of anilines is 1. The Morgan fingerprint density at radius 1 is 1.56 bits per heavy atom. The minimum Gasteiger partial charge on any atom is -0.477 e. The molecule has 0 radical (unpaired) electrons. The zero-order chi connectivity index (χ0) is 13.3. The summed E-state index contributed by atoms with van der Waals surface area (Å²) >= 11 is 0. The summed E-state index contributed by atoms with van der Waals surface area (Å²) < 4.78 is 23.0. The largest absolute Gasteiger partial charge is 0.477 e. The van der Waals surface area contributed by atoms with Gasteiger partial charge in [-0.3, -0.25) is 0 Å². The lowest BCUT2D eigenvalue weighted by atomic mass is 10.2. The predicted molar refractivity (Wildman–Crippen MR) is 66.7 cm³/mol. The Morgan fingerprint density at radius 2 is 2.28 bits per heavy atom. The zero-order valence-corrected chi connectivity index (χ0v) is 10.7. The van der Waals surface area contributed by atoms with Crippen LogP contribution in [-0.2, 0) is 9.84 Å². The van der Waals surface area contributed by atoms with E-state index in [-0.39, 0.29) is 23.2 Å². The highest BCUT2D eigenvalue weighted by molar-refractivity contribution is 7.91. The van der Waals surface area contributed by atoms with E-state index in [0.29, 0.717) is 12.2 Å². The monoisotopic (exact) mass is 270 g/mol. The number of carbonyl (C=O) groups is 1. The Balaban J connectivity index is 2.27. The first-order chi connectivity index (χ1) is 8.39. The minimum atomic E-state index is -2.97. The average Bonchev–Trinajstić information content (AvgIpc) is 2.28. The second-order valence-electron chi connectivity index (χ2n) is 4.36. The molecular weight excluding hydrogens is 256 g/mol. The fourth-order valence-electron chi connectivity index (χ4n) is 2.10. The number of hydrogen-bond acceptors (Lipinski definition) is 5. The maximum atomic E-state index is 11.5. The Bertz CT molecular complexity index is 570. The van der Waals surface area contributed by atoms with Crippen molar-refractivity contribution in [3.63, 3.8) is 0 Å². The van der Waals surface area contributed by atoms with Crippen molar-refractivity contribution in [2.24, 2.45) is 0 Å². The number of carboxylic acid groups (broad SMARTS) is 1. The predicted octanol–water partition coefficient (Wildman–Crippen LogP) is 0.403. The first kappa shape index (κ1) is 12.8. The quantitative estimate of drug-likeness (QED) is 0.837. The molecule has 1 fully saturated rings. The van der Waals surface area contributed by atoms with Crippen LogP contribution in [0, 0.1) is 0 Å². The summed E-state index contributed by atoms with van der Waals surface area (Å²) in [5.41, 5.74) is 0.665. The molecule has 1 N–H and O–H groups in total. The van der Waals surface area contributed by atoms with Crippen molar-refractivity contribution in [3.8, 4) is 0 Å². The first-order valence-electron chi connectivity index (χ1n) is 5.55. The van der Waals surface area contributed by atoms with Crippen LogP contribution in [0.5, 0.6) is 0 Å². The molecule has 0 bridgehead atoms. The van der Waals surface area contributed by atoms with Crippen molar-refractivity contribution in [1.29, 1.82) is 0 Å². The number of aromatic nitrogens is 1. The van der Waals surface area contributed by atoms with E-state index in [4.69, 9.17) is 5.11 Å². The average molecular weight is 270 g/mol. The number of aromatic carboxylic acids is 1. The van der Waals surface area contributed by atoms with Gasteiger partial charge in [0.1, 0.15) is 5.69 Å². The molecule has 2 heterocycles. The Kier molecular flexibility index (Phi) is 3.25. The third-order valence-electron chi connectivity index (χ3n) is 2.96. The van der Waals surface area contributed by atoms with E-state index < -0.39 is 15.8 Å². The highest BCUT2D eigenvalue weighted by Gasteiger charge is 2.28. The number of hydrogen-bond donors (Lipinski definition) is 1. The van der Waals surface area contributed by atoms with Gasteiger partial charge in [0.25, 0.3) is 0 Å². The van der Waals surface area contributed by atoms with Crippen molar-refractivity contribution >= 4 is 21.5 Å². The highest BCUT2D eigenvalue weighted by atomic mass is 32.2. The molecule has 0 spiro atoms. The molecule has 1 atom stereocenters. The van der Waals surface area contributed by atoms with Gasteiger partial charge in [-0.2, -0.15) is 0 Å². The van der Waals surface area contributed by atoms with Gasteiger partial charge in [-0.05, 0) is 19.1 Å². The van der Waals surface area contributed by atoms with Gasteiger partial charge in [-0.15, -0.1) is 0 Å². The van der Waals surface area contributed by atoms with Crippen LogP contribution in [-0.4, -0.2) is 48.6 Å². The van der Waals surface area contributed by atoms with Crippen LogP contribution in [0.2, 0.25) is 0 Å². The van der Waals surface area contributed by atoms with E-state index in [2.05, 4.69) is 4.98 Å². The van der Waals surface area contributed by atoms with Crippen LogP contribution in [0.1, 0.15) is 17.4 Å². The normalized spacial score (nSPS) is 22.7. The van der Waals surface area contributed by atoms with E-state index in [1.54, 1.807) is 6.07 Å². The number of carboxylic acids is 1.